The average Bonchev–Trinajstić information content (AvgIpc) is 3.65. The number of para-hydroxylation sites is 1. The molecule has 1 aliphatic rings. The molecule has 0 saturated heterocycles. The van der Waals surface area contributed by atoms with Crippen LogP contribution in [0, 0.1) is 0 Å². The summed E-state index contributed by atoms with van der Waals surface area (Å²) in [5.74, 6) is 0. The lowest BCUT2D eigenvalue weighted by molar-refractivity contribution is 0.590. The van der Waals surface area contributed by atoms with Gasteiger partial charge in [0.05, 0.1) is 16.7 Å². The monoisotopic (exact) mass is 738 g/mol. The second-order valence-electron chi connectivity index (χ2n) is 18.7. The van der Waals surface area contributed by atoms with Gasteiger partial charge in [0.15, 0.2) is 0 Å². The van der Waals surface area contributed by atoms with Crippen molar-refractivity contribution in [2.75, 3.05) is 4.90 Å². The first-order valence-corrected chi connectivity index (χ1v) is 20.4. The minimum absolute atomic E-state index is 0.0552. The Labute approximate surface area is 337 Å². The van der Waals surface area contributed by atoms with E-state index in [9.17, 15) is 0 Å². The van der Waals surface area contributed by atoms with Gasteiger partial charge in [0.2, 0.25) is 0 Å². The van der Waals surface area contributed by atoms with Gasteiger partial charge in [0.1, 0.15) is 0 Å². The Morgan fingerprint density at radius 3 is 1.70 bits per heavy atom. The molecular formula is C55H50N2. The van der Waals surface area contributed by atoms with Crippen LogP contribution in [0.2, 0.25) is 0 Å². The third kappa shape index (κ3) is 5.52. The lowest BCUT2D eigenvalue weighted by Gasteiger charge is -2.30. The lowest BCUT2D eigenvalue weighted by Crippen LogP contribution is -2.17. The molecule has 2 nitrogen and oxygen atoms in total. The number of fused-ring (bicyclic) bond motifs is 9. The largest absolute Gasteiger partial charge is 0.310 e. The van der Waals surface area contributed by atoms with Gasteiger partial charge in [-0.25, -0.2) is 0 Å². The zero-order valence-electron chi connectivity index (χ0n) is 34.4. The van der Waals surface area contributed by atoms with E-state index in [0.717, 1.165) is 11.4 Å². The fourth-order valence-corrected chi connectivity index (χ4v) is 9.43. The zero-order chi connectivity index (χ0) is 39.4. The molecule has 10 rings (SSSR count). The van der Waals surface area contributed by atoms with Crippen LogP contribution in [-0.4, -0.2) is 4.57 Å². The first-order chi connectivity index (χ1) is 27.3. The molecule has 0 bridgehead atoms. The van der Waals surface area contributed by atoms with Crippen LogP contribution in [0.1, 0.15) is 77.6 Å². The van der Waals surface area contributed by atoms with E-state index in [1.165, 1.54) is 88.1 Å². The molecule has 2 heteroatoms. The van der Waals surface area contributed by atoms with Crippen molar-refractivity contribution in [3.63, 3.8) is 0 Å². The van der Waals surface area contributed by atoms with Crippen LogP contribution in [0.3, 0.4) is 0 Å². The summed E-state index contributed by atoms with van der Waals surface area (Å²) in [6, 6.07) is 59.3. The minimum atomic E-state index is -0.247. The smallest absolute Gasteiger partial charge is 0.0543 e. The molecule has 0 N–H and O–H groups in total. The predicted molar refractivity (Wildman–Crippen MR) is 245 cm³/mol. The van der Waals surface area contributed by atoms with Gasteiger partial charge in [-0.15, -0.1) is 0 Å². The van der Waals surface area contributed by atoms with Crippen molar-refractivity contribution < 1.29 is 0 Å². The molecule has 0 radical (unpaired) electrons. The summed E-state index contributed by atoms with van der Waals surface area (Å²) in [6.07, 6.45) is 0. The van der Waals surface area contributed by atoms with E-state index < -0.39 is 0 Å². The van der Waals surface area contributed by atoms with Crippen molar-refractivity contribution in [1.82, 2.24) is 4.57 Å². The zero-order valence-corrected chi connectivity index (χ0v) is 34.4. The van der Waals surface area contributed by atoms with Crippen LogP contribution in [0.15, 0.2) is 158 Å². The Morgan fingerprint density at radius 2 is 1.05 bits per heavy atom. The maximum Gasteiger partial charge on any atom is 0.0543 e. The molecule has 280 valence electrons. The van der Waals surface area contributed by atoms with Crippen LogP contribution >= 0.6 is 0 Å². The summed E-state index contributed by atoms with van der Waals surface area (Å²) in [7, 11) is 0. The van der Waals surface area contributed by atoms with Crippen LogP contribution in [0.25, 0.3) is 60.2 Å². The molecule has 0 unspecified atom stereocenters. The van der Waals surface area contributed by atoms with Crippen molar-refractivity contribution in [2.45, 2.75) is 71.6 Å². The molecular weight excluding hydrogens is 689 g/mol. The Bertz CT molecular complexity index is 2980. The number of anilines is 3. The normalized spacial score (nSPS) is 13.8. The van der Waals surface area contributed by atoms with Gasteiger partial charge in [-0.2, -0.15) is 0 Å². The number of aromatic nitrogens is 1. The SMILES string of the molecule is CC(C)(C)c1ccc2c(c1)c1cc(C(C)(C)C)ccc1n2-c1ccc2c(c1)C(C)(C)c1cc(N(c3ccccc3)c3ccc4ccccc4c3)c3ccccc3c1-2. The molecule has 8 aromatic carbocycles. The second-order valence-corrected chi connectivity index (χ2v) is 18.7. The quantitative estimate of drug-likeness (QED) is 0.175. The van der Waals surface area contributed by atoms with Gasteiger partial charge in [-0.05, 0) is 127 Å². The van der Waals surface area contributed by atoms with Gasteiger partial charge < -0.3 is 9.47 Å². The molecule has 1 aromatic heterocycles. The molecule has 1 aliphatic carbocycles. The molecule has 0 amide bonds. The highest BCUT2D eigenvalue weighted by Crippen LogP contribution is 2.55. The molecule has 0 atom stereocenters. The van der Waals surface area contributed by atoms with E-state index in [2.05, 4.69) is 223 Å². The highest BCUT2D eigenvalue weighted by molar-refractivity contribution is 6.12. The highest BCUT2D eigenvalue weighted by Gasteiger charge is 2.38. The van der Waals surface area contributed by atoms with E-state index >= 15 is 0 Å². The van der Waals surface area contributed by atoms with E-state index in [1.807, 2.05) is 0 Å². The molecule has 57 heavy (non-hydrogen) atoms. The third-order valence-electron chi connectivity index (χ3n) is 12.6. The van der Waals surface area contributed by atoms with Crippen LogP contribution < -0.4 is 4.90 Å². The van der Waals surface area contributed by atoms with Crippen LogP contribution in [-0.2, 0) is 16.2 Å². The molecule has 0 spiro atoms. The first-order valence-electron chi connectivity index (χ1n) is 20.4. The van der Waals surface area contributed by atoms with Gasteiger partial charge in [0.25, 0.3) is 0 Å². The number of nitrogens with zero attached hydrogens (tertiary/aromatic N) is 2. The molecule has 9 aromatic rings. The van der Waals surface area contributed by atoms with Crippen molar-refractivity contribution in [2.24, 2.45) is 0 Å². The summed E-state index contributed by atoms with van der Waals surface area (Å²) < 4.78 is 2.50. The van der Waals surface area contributed by atoms with E-state index in [-0.39, 0.29) is 16.2 Å². The van der Waals surface area contributed by atoms with E-state index in [1.54, 1.807) is 0 Å². The Hall–Kier alpha value is -6.12. The fourth-order valence-electron chi connectivity index (χ4n) is 9.43. The maximum atomic E-state index is 2.50. The van der Waals surface area contributed by atoms with E-state index in [4.69, 9.17) is 0 Å². The Balaban J connectivity index is 1.19. The average molecular weight is 739 g/mol. The van der Waals surface area contributed by atoms with Crippen molar-refractivity contribution >= 4 is 60.4 Å². The summed E-state index contributed by atoms with van der Waals surface area (Å²) in [6.45, 7) is 18.7. The standard InChI is InChI=1S/C55H50N2/c1-53(2,3)37-23-28-49-45(31-37)46-32-38(54(4,5)6)24-29-50(46)57(49)41-26-27-44-47(33-41)55(7,8)48-34-51(42-20-14-15-21-43(42)52(44)48)56(39-18-10-9-11-19-39)40-25-22-35-16-12-13-17-36(35)30-40/h9-34H,1-8H3. The summed E-state index contributed by atoms with van der Waals surface area (Å²) in [4.78, 5) is 2.45. The van der Waals surface area contributed by atoms with Crippen LogP contribution in [0.4, 0.5) is 17.1 Å². The number of hydrogen-bond acceptors (Lipinski definition) is 1. The first kappa shape index (κ1) is 35.3. The summed E-state index contributed by atoms with van der Waals surface area (Å²) in [5, 5.41) is 7.64. The maximum absolute atomic E-state index is 2.50. The Morgan fingerprint density at radius 1 is 0.456 bits per heavy atom. The lowest BCUT2D eigenvalue weighted by atomic mass is 9.81. The van der Waals surface area contributed by atoms with Gasteiger partial charge >= 0.3 is 0 Å². The van der Waals surface area contributed by atoms with Crippen molar-refractivity contribution in [3.8, 4) is 16.8 Å². The highest BCUT2D eigenvalue weighted by atomic mass is 15.1. The summed E-state index contributed by atoms with van der Waals surface area (Å²) in [5.41, 5.74) is 15.2. The van der Waals surface area contributed by atoms with Gasteiger partial charge in [-0.3, -0.25) is 0 Å². The second kappa shape index (κ2) is 12.4. The fraction of sp³-hybridized carbons (Fsp3) is 0.200. The Kier molecular flexibility index (Phi) is 7.70. The van der Waals surface area contributed by atoms with E-state index in [0.29, 0.717) is 0 Å². The molecule has 0 saturated carbocycles. The summed E-state index contributed by atoms with van der Waals surface area (Å²) >= 11 is 0. The van der Waals surface area contributed by atoms with Gasteiger partial charge in [0, 0.05) is 38.6 Å². The molecule has 1 heterocycles. The van der Waals surface area contributed by atoms with Crippen molar-refractivity contribution in [1.29, 1.82) is 0 Å². The van der Waals surface area contributed by atoms with Crippen LogP contribution in [0.5, 0.6) is 0 Å². The topological polar surface area (TPSA) is 8.17 Å². The number of hydrogen-bond donors (Lipinski definition) is 0. The number of benzene rings is 8. The minimum Gasteiger partial charge on any atom is -0.310 e. The van der Waals surface area contributed by atoms with Crippen molar-refractivity contribution in [3.05, 3.63) is 180 Å². The predicted octanol–water partition coefficient (Wildman–Crippen LogP) is 15.5. The molecule has 0 aliphatic heterocycles. The molecule has 0 fully saturated rings. The number of rotatable bonds is 4. The third-order valence-corrected chi connectivity index (χ3v) is 12.6. The van der Waals surface area contributed by atoms with Gasteiger partial charge in [-0.1, -0.05) is 146 Å².